The number of carboxylic acids is 1. The Morgan fingerprint density at radius 3 is 2.48 bits per heavy atom. The van der Waals surface area contributed by atoms with E-state index in [1.54, 1.807) is 0 Å². The molecule has 1 rings (SSSR count). The molecular formula is C12H18N2O5S2. The molecule has 1 amide bonds. The molecule has 1 atom stereocenters. The van der Waals surface area contributed by atoms with Gasteiger partial charge in [0.05, 0.1) is 9.77 Å². The van der Waals surface area contributed by atoms with Crippen LogP contribution in [-0.4, -0.2) is 38.5 Å². The Labute approximate surface area is 127 Å². The van der Waals surface area contributed by atoms with Crippen molar-refractivity contribution in [3.8, 4) is 0 Å². The fraction of sp³-hybridized carbons (Fsp3) is 0.500. The van der Waals surface area contributed by atoms with Crippen LogP contribution >= 0.6 is 11.3 Å². The highest BCUT2D eigenvalue weighted by atomic mass is 32.2. The van der Waals surface area contributed by atoms with Crippen LogP contribution in [-0.2, 0) is 14.8 Å². The zero-order valence-corrected chi connectivity index (χ0v) is 13.5. The summed E-state index contributed by atoms with van der Waals surface area (Å²) in [4.78, 5) is 23.2. The third-order valence-electron chi connectivity index (χ3n) is 2.69. The molecule has 118 valence electrons. The van der Waals surface area contributed by atoms with Crippen LogP contribution in [0.5, 0.6) is 0 Å². The van der Waals surface area contributed by atoms with Gasteiger partial charge in [0, 0.05) is 5.38 Å². The second-order valence-electron chi connectivity index (χ2n) is 4.85. The van der Waals surface area contributed by atoms with Gasteiger partial charge < -0.3 is 10.4 Å². The highest BCUT2D eigenvalue weighted by Crippen LogP contribution is 2.19. The molecule has 7 nitrogen and oxygen atoms in total. The first kappa shape index (κ1) is 17.6. The van der Waals surface area contributed by atoms with Crippen molar-refractivity contribution in [1.82, 2.24) is 10.0 Å². The summed E-state index contributed by atoms with van der Waals surface area (Å²) in [5.41, 5.74) is 0. The molecule has 0 aliphatic heterocycles. The van der Waals surface area contributed by atoms with Crippen LogP contribution in [0.2, 0.25) is 0 Å². The molecule has 0 aromatic carbocycles. The van der Waals surface area contributed by atoms with Crippen LogP contribution in [0.3, 0.4) is 0 Å². The number of hydrogen-bond acceptors (Lipinski definition) is 5. The SMILES string of the molecule is CNS(=O)(=O)c1csc(C(=O)NC(CC(C)C)C(=O)O)c1. The van der Waals surface area contributed by atoms with E-state index in [0.717, 1.165) is 11.3 Å². The molecule has 1 aromatic rings. The van der Waals surface area contributed by atoms with E-state index >= 15 is 0 Å². The maximum absolute atomic E-state index is 12.0. The van der Waals surface area contributed by atoms with E-state index in [2.05, 4.69) is 10.0 Å². The standard InChI is InChI=1S/C12H18N2O5S2/c1-7(2)4-9(12(16)17)14-11(15)10-5-8(6-20-10)21(18,19)13-3/h5-7,9,13H,4H2,1-3H3,(H,14,15)(H,16,17). The number of carbonyl (C=O) groups is 2. The molecule has 0 aliphatic carbocycles. The number of aliphatic carboxylic acids is 1. The molecule has 21 heavy (non-hydrogen) atoms. The predicted molar refractivity (Wildman–Crippen MR) is 78.9 cm³/mol. The van der Waals surface area contributed by atoms with Gasteiger partial charge in [-0.25, -0.2) is 17.9 Å². The van der Waals surface area contributed by atoms with Gasteiger partial charge in [0.15, 0.2) is 0 Å². The average molecular weight is 334 g/mol. The summed E-state index contributed by atoms with van der Waals surface area (Å²) in [5.74, 6) is -1.60. The highest BCUT2D eigenvalue weighted by Gasteiger charge is 2.23. The minimum Gasteiger partial charge on any atom is -0.480 e. The normalized spacial score (nSPS) is 13.1. The van der Waals surface area contributed by atoms with Crippen LogP contribution in [0.15, 0.2) is 16.3 Å². The molecule has 0 aliphatic rings. The summed E-state index contributed by atoms with van der Waals surface area (Å²) < 4.78 is 25.3. The summed E-state index contributed by atoms with van der Waals surface area (Å²) in [5, 5.41) is 12.8. The minimum absolute atomic E-state index is 0.0177. The van der Waals surface area contributed by atoms with Gasteiger partial charge in [-0.15, -0.1) is 11.3 Å². The maximum Gasteiger partial charge on any atom is 0.326 e. The molecule has 0 radical (unpaired) electrons. The van der Waals surface area contributed by atoms with E-state index < -0.39 is 27.9 Å². The summed E-state index contributed by atoms with van der Waals surface area (Å²) in [6.45, 7) is 3.70. The number of carbonyl (C=O) groups excluding carboxylic acids is 1. The lowest BCUT2D eigenvalue weighted by molar-refractivity contribution is -0.139. The van der Waals surface area contributed by atoms with Crippen LogP contribution in [0, 0.1) is 5.92 Å². The molecular weight excluding hydrogens is 316 g/mol. The quantitative estimate of drug-likeness (QED) is 0.685. The molecule has 9 heteroatoms. The van der Waals surface area contributed by atoms with Crippen molar-refractivity contribution in [3.05, 3.63) is 16.3 Å². The van der Waals surface area contributed by atoms with Gasteiger partial charge in [0.1, 0.15) is 6.04 Å². The van der Waals surface area contributed by atoms with Crippen molar-refractivity contribution in [2.45, 2.75) is 31.2 Å². The summed E-state index contributed by atoms with van der Waals surface area (Å²) >= 11 is 0.948. The Balaban J connectivity index is 2.87. The first-order valence-electron chi connectivity index (χ1n) is 6.23. The van der Waals surface area contributed by atoms with Gasteiger partial charge in [-0.05, 0) is 25.5 Å². The zero-order valence-electron chi connectivity index (χ0n) is 11.9. The number of carboxylic acid groups (broad SMARTS) is 1. The number of thiophene rings is 1. The van der Waals surface area contributed by atoms with E-state index in [1.165, 1.54) is 18.5 Å². The zero-order chi connectivity index (χ0) is 16.2. The Hall–Kier alpha value is -1.45. The first-order valence-corrected chi connectivity index (χ1v) is 8.59. The maximum atomic E-state index is 12.0. The first-order chi connectivity index (χ1) is 9.67. The lowest BCUT2D eigenvalue weighted by Crippen LogP contribution is -2.41. The highest BCUT2D eigenvalue weighted by molar-refractivity contribution is 7.89. The number of hydrogen-bond donors (Lipinski definition) is 3. The Kier molecular flexibility index (Phi) is 5.87. The summed E-state index contributed by atoms with van der Waals surface area (Å²) in [6, 6.07) is 0.226. The Bertz CT molecular complexity index is 621. The van der Waals surface area contributed by atoms with E-state index in [1.807, 2.05) is 13.8 Å². The van der Waals surface area contributed by atoms with Crippen molar-refractivity contribution < 1.29 is 23.1 Å². The van der Waals surface area contributed by atoms with Crippen LogP contribution in [0.25, 0.3) is 0 Å². The van der Waals surface area contributed by atoms with E-state index in [9.17, 15) is 18.0 Å². The molecule has 0 saturated heterocycles. The molecule has 1 aromatic heterocycles. The molecule has 1 unspecified atom stereocenters. The fourth-order valence-corrected chi connectivity index (χ4v) is 3.53. The van der Waals surface area contributed by atoms with Gasteiger partial charge in [0.25, 0.3) is 5.91 Å². The predicted octanol–water partition coefficient (Wildman–Crippen LogP) is 0.885. The van der Waals surface area contributed by atoms with Crippen molar-refractivity contribution >= 4 is 33.2 Å². The number of amides is 1. The van der Waals surface area contributed by atoms with Gasteiger partial charge in [-0.1, -0.05) is 13.8 Å². The third kappa shape index (κ3) is 4.80. The molecule has 0 saturated carbocycles. The van der Waals surface area contributed by atoms with Crippen molar-refractivity contribution in [2.75, 3.05) is 7.05 Å². The van der Waals surface area contributed by atoms with E-state index in [4.69, 9.17) is 5.11 Å². The molecule has 0 bridgehead atoms. The van der Waals surface area contributed by atoms with E-state index in [-0.39, 0.29) is 15.7 Å². The molecule has 0 spiro atoms. The van der Waals surface area contributed by atoms with Gasteiger partial charge in [-0.2, -0.15) is 0 Å². The lowest BCUT2D eigenvalue weighted by Gasteiger charge is -2.15. The van der Waals surface area contributed by atoms with Crippen molar-refractivity contribution in [2.24, 2.45) is 5.92 Å². The third-order valence-corrected chi connectivity index (χ3v) is 5.16. The molecule has 1 heterocycles. The summed E-state index contributed by atoms with van der Waals surface area (Å²) in [6.07, 6.45) is 0.300. The Morgan fingerprint density at radius 2 is 2.00 bits per heavy atom. The number of nitrogens with one attached hydrogen (secondary N) is 2. The number of sulfonamides is 1. The molecule has 0 fully saturated rings. The van der Waals surface area contributed by atoms with Crippen LogP contribution in [0.4, 0.5) is 0 Å². The lowest BCUT2D eigenvalue weighted by atomic mass is 10.0. The second-order valence-corrected chi connectivity index (χ2v) is 7.65. The van der Waals surface area contributed by atoms with Crippen molar-refractivity contribution in [3.63, 3.8) is 0 Å². The van der Waals surface area contributed by atoms with E-state index in [0.29, 0.717) is 6.42 Å². The topological polar surface area (TPSA) is 113 Å². The minimum atomic E-state index is -3.61. The Morgan fingerprint density at radius 1 is 1.38 bits per heavy atom. The summed E-state index contributed by atoms with van der Waals surface area (Å²) in [7, 11) is -2.34. The van der Waals surface area contributed by atoms with Gasteiger partial charge in [0.2, 0.25) is 10.0 Å². The van der Waals surface area contributed by atoms with Gasteiger partial charge >= 0.3 is 5.97 Å². The largest absolute Gasteiger partial charge is 0.480 e. The monoisotopic (exact) mass is 334 g/mol. The average Bonchev–Trinajstić information content (AvgIpc) is 2.87. The smallest absolute Gasteiger partial charge is 0.326 e. The van der Waals surface area contributed by atoms with Crippen LogP contribution in [0.1, 0.15) is 29.9 Å². The second kappa shape index (κ2) is 7.01. The van der Waals surface area contributed by atoms with Gasteiger partial charge in [-0.3, -0.25) is 4.79 Å². The molecule has 3 N–H and O–H groups in total. The number of rotatable bonds is 7. The fourth-order valence-electron chi connectivity index (χ4n) is 1.62. The van der Waals surface area contributed by atoms with Crippen molar-refractivity contribution in [1.29, 1.82) is 0 Å². The van der Waals surface area contributed by atoms with Crippen LogP contribution < -0.4 is 10.0 Å².